The Morgan fingerprint density at radius 3 is 2.63 bits per heavy atom. The molecule has 3 N–H and O–H groups in total. The van der Waals surface area contributed by atoms with E-state index in [4.69, 9.17) is 11.6 Å². The van der Waals surface area contributed by atoms with Crippen LogP contribution >= 0.6 is 11.6 Å². The molecule has 0 bridgehead atoms. The van der Waals surface area contributed by atoms with Gasteiger partial charge in [0.1, 0.15) is 5.82 Å². The molecule has 0 spiro atoms. The maximum absolute atomic E-state index is 13.2. The average Bonchev–Trinajstić information content (AvgIpc) is 2.63. The van der Waals surface area contributed by atoms with Crippen LogP contribution in [0.4, 0.5) is 10.1 Å². The summed E-state index contributed by atoms with van der Waals surface area (Å²) in [7, 11) is 1.66. The fraction of sp³-hybridized carbons (Fsp3) is 0.300. The lowest BCUT2D eigenvalue weighted by molar-refractivity contribution is -0.116. The van der Waals surface area contributed by atoms with E-state index in [1.807, 2.05) is 19.1 Å². The van der Waals surface area contributed by atoms with Crippen LogP contribution in [0.2, 0.25) is 5.02 Å². The van der Waals surface area contributed by atoms with Crippen molar-refractivity contribution in [2.24, 2.45) is 4.99 Å². The number of nitrogens with one attached hydrogen (secondary N) is 3. The third-order valence-corrected chi connectivity index (χ3v) is 4.17. The molecule has 2 aromatic carbocycles. The number of amides is 1. The number of aryl methyl sites for hydroxylation is 1. The highest BCUT2D eigenvalue weighted by atomic mass is 35.5. The Bertz CT molecular complexity index is 810. The molecule has 1 amide bonds. The summed E-state index contributed by atoms with van der Waals surface area (Å²) >= 11 is 6.12. The standard InChI is InChI=1S/C20H24ClFN4O/c1-14-6-7-18(17(21)12-14)26-19(27)9-11-25-20(23-2)24-10-8-15-4-3-5-16(22)13-15/h3-7,12-13H,8-11H2,1-2H3,(H,26,27)(H2,23,24,25). The van der Waals surface area contributed by atoms with Gasteiger partial charge in [-0.1, -0.05) is 29.8 Å². The van der Waals surface area contributed by atoms with E-state index in [1.54, 1.807) is 25.2 Å². The second-order valence-corrected chi connectivity index (χ2v) is 6.49. The molecule has 0 radical (unpaired) electrons. The molecule has 0 atom stereocenters. The number of halogens is 2. The van der Waals surface area contributed by atoms with E-state index in [9.17, 15) is 9.18 Å². The molecular formula is C20H24ClFN4O. The number of hydrogen-bond donors (Lipinski definition) is 3. The summed E-state index contributed by atoms with van der Waals surface area (Å²) in [6, 6.07) is 12.0. The first-order valence-corrected chi connectivity index (χ1v) is 9.10. The van der Waals surface area contributed by atoms with Crippen LogP contribution in [-0.2, 0) is 11.2 Å². The third-order valence-electron chi connectivity index (χ3n) is 3.86. The minimum atomic E-state index is -0.241. The molecule has 0 saturated heterocycles. The van der Waals surface area contributed by atoms with Gasteiger partial charge in [-0.15, -0.1) is 0 Å². The first-order chi connectivity index (χ1) is 13.0. The highest BCUT2D eigenvalue weighted by Crippen LogP contribution is 2.22. The number of benzene rings is 2. The summed E-state index contributed by atoms with van der Waals surface area (Å²) in [5.74, 6) is 0.214. The molecule has 0 aliphatic rings. The molecule has 0 unspecified atom stereocenters. The first kappa shape index (κ1) is 20.7. The van der Waals surface area contributed by atoms with Gasteiger partial charge >= 0.3 is 0 Å². The van der Waals surface area contributed by atoms with Crippen molar-refractivity contribution in [2.75, 3.05) is 25.5 Å². The van der Waals surface area contributed by atoms with E-state index in [0.29, 0.717) is 36.2 Å². The van der Waals surface area contributed by atoms with Crippen molar-refractivity contribution in [3.05, 3.63) is 64.4 Å². The van der Waals surface area contributed by atoms with Crippen molar-refractivity contribution in [2.45, 2.75) is 19.8 Å². The van der Waals surface area contributed by atoms with Crippen molar-refractivity contribution in [1.29, 1.82) is 0 Å². The number of hydrogen-bond acceptors (Lipinski definition) is 2. The normalized spacial score (nSPS) is 11.2. The van der Waals surface area contributed by atoms with E-state index in [2.05, 4.69) is 20.9 Å². The zero-order valence-electron chi connectivity index (χ0n) is 15.5. The second-order valence-electron chi connectivity index (χ2n) is 6.09. The number of nitrogens with zero attached hydrogens (tertiary/aromatic N) is 1. The highest BCUT2D eigenvalue weighted by Gasteiger charge is 2.06. The van der Waals surface area contributed by atoms with Gasteiger partial charge in [0, 0.05) is 26.6 Å². The molecule has 2 rings (SSSR count). The molecule has 0 fully saturated rings. The fourth-order valence-corrected chi connectivity index (χ4v) is 2.75. The number of aliphatic imine (C=N–C) groups is 1. The lowest BCUT2D eigenvalue weighted by Gasteiger charge is -2.12. The van der Waals surface area contributed by atoms with E-state index in [-0.39, 0.29) is 18.1 Å². The highest BCUT2D eigenvalue weighted by molar-refractivity contribution is 6.33. The Balaban J connectivity index is 1.70. The minimum Gasteiger partial charge on any atom is -0.356 e. The van der Waals surface area contributed by atoms with Gasteiger partial charge in [-0.3, -0.25) is 9.79 Å². The smallest absolute Gasteiger partial charge is 0.226 e. The van der Waals surface area contributed by atoms with Crippen molar-refractivity contribution < 1.29 is 9.18 Å². The van der Waals surface area contributed by atoms with Crippen LogP contribution in [0.3, 0.4) is 0 Å². The largest absolute Gasteiger partial charge is 0.356 e. The molecule has 0 aromatic heterocycles. The summed E-state index contributed by atoms with van der Waals surface area (Å²) in [4.78, 5) is 16.2. The van der Waals surface area contributed by atoms with Gasteiger partial charge in [0.25, 0.3) is 0 Å². The molecule has 0 aliphatic carbocycles. The summed E-state index contributed by atoms with van der Waals surface area (Å²) < 4.78 is 13.2. The van der Waals surface area contributed by atoms with Crippen LogP contribution in [0.15, 0.2) is 47.5 Å². The van der Waals surface area contributed by atoms with Crippen molar-refractivity contribution in [3.63, 3.8) is 0 Å². The van der Waals surface area contributed by atoms with E-state index in [0.717, 1.165) is 11.1 Å². The topological polar surface area (TPSA) is 65.5 Å². The molecule has 0 aliphatic heterocycles. The SMILES string of the molecule is CN=C(NCCC(=O)Nc1ccc(C)cc1Cl)NCCc1cccc(F)c1. The lowest BCUT2D eigenvalue weighted by atomic mass is 10.1. The summed E-state index contributed by atoms with van der Waals surface area (Å²) in [6.07, 6.45) is 0.944. The van der Waals surface area contributed by atoms with Gasteiger partial charge in [-0.05, 0) is 48.7 Å². The fourth-order valence-electron chi connectivity index (χ4n) is 2.47. The van der Waals surface area contributed by atoms with Gasteiger partial charge in [-0.25, -0.2) is 4.39 Å². The predicted octanol–water partition coefficient (Wildman–Crippen LogP) is 3.52. The Morgan fingerprint density at radius 2 is 1.93 bits per heavy atom. The lowest BCUT2D eigenvalue weighted by Crippen LogP contribution is -2.39. The van der Waals surface area contributed by atoms with Gasteiger partial charge < -0.3 is 16.0 Å². The van der Waals surface area contributed by atoms with Gasteiger partial charge in [0.05, 0.1) is 10.7 Å². The molecule has 2 aromatic rings. The summed E-state index contributed by atoms with van der Waals surface area (Å²) in [6.45, 7) is 2.97. The van der Waals surface area contributed by atoms with E-state index in [1.165, 1.54) is 12.1 Å². The van der Waals surface area contributed by atoms with Crippen LogP contribution in [0.25, 0.3) is 0 Å². The molecule has 0 heterocycles. The van der Waals surface area contributed by atoms with Gasteiger partial charge in [0.15, 0.2) is 5.96 Å². The van der Waals surface area contributed by atoms with Crippen molar-refractivity contribution in [1.82, 2.24) is 10.6 Å². The summed E-state index contributed by atoms with van der Waals surface area (Å²) in [5.41, 5.74) is 2.55. The number of anilines is 1. The van der Waals surface area contributed by atoms with Crippen molar-refractivity contribution >= 4 is 29.2 Å². The van der Waals surface area contributed by atoms with Crippen molar-refractivity contribution in [3.8, 4) is 0 Å². The van der Waals surface area contributed by atoms with Crippen LogP contribution in [0.5, 0.6) is 0 Å². The monoisotopic (exact) mass is 390 g/mol. The number of carbonyl (C=O) groups is 1. The van der Waals surface area contributed by atoms with E-state index < -0.39 is 0 Å². The second kappa shape index (κ2) is 10.5. The maximum Gasteiger partial charge on any atom is 0.226 e. The van der Waals surface area contributed by atoms with E-state index >= 15 is 0 Å². The number of guanidine groups is 1. The Labute approximate surface area is 164 Å². The zero-order valence-corrected chi connectivity index (χ0v) is 16.2. The minimum absolute atomic E-state index is 0.136. The number of rotatable bonds is 7. The Kier molecular flexibility index (Phi) is 8.07. The summed E-state index contributed by atoms with van der Waals surface area (Å²) in [5, 5.41) is 9.53. The maximum atomic E-state index is 13.2. The van der Waals surface area contributed by atoms with Gasteiger partial charge in [0.2, 0.25) is 5.91 Å². The molecular weight excluding hydrogens is 367 g/mol. The average molecular weight is 391 g/mol. The van der Waals surface area contributed by atoms with Crippen LogP contribution < -0.4 is 16.0 Å². The first-order valence-electron chi connectivity index (χ1n) is 8.73. The number of carbonyl (C=O) groups excluding carboxylic acids is 1. The third kappa shape index (κ3) is 7.27. The Hall–Kier alpha value is -2.60. The Morgan fingerprint density at radius 1 is 1.15 bits per heavy atom. The zero-order chi connectivity index (χ0) is 19.6. The quantitative estimate of drug-likeness (QED) is 0.500. The van der Waals surface area contributed by atoms with Crippen LogP contribution in [0.1, 0.15) is 17.5 Å². The molecule has 0 saturated carbocycles. The molecule has 5 nitrogen and oxygen atoms in total. The predicted molar refractivity (Wildman–Crippen MR) is 109 cm³/mol. The molecule has 7 heteroatoms. The van der Waals surface area contributed by atoms with Crippen LogP contribution in [0, 0.1) is 12.7 Å². The van der Waals surface area contributed by atoms with Crippen LogP contribution in [-0.4, -0.2) is 32.0 Å². The molecule has 144 valence electrons. The molecule has 27 heavy (non-hydrogen) atoms. The van der Waals surface area contributed by atoms with Gasteiger partial charge in [-0.2, -0.15) is 0 Å².